The van der Waals surface area contributed by atoms with Crippen molar-refractivity contribution < 1.29 is 4.42 Å². The maximum Gasteiger partial charge on any atom is 0.198 e. The van der Waals surface area contributed by atoms with E-state index in [1.54, 1.807) is 0 Å². The quantitative estimate of drug-likeness (QED) is 0.162. The summed E-state index contributed by atoms with van der Waals surface area (Å²) in [4.78, 5) is 2.38. The van der Waals surface area contributed by atoms with E-state index in [9.17, 15) is 0 Å². The molecule has 0 spiro atoms. The van der Waals surface area contributed by atoms with Gasteiger partial charge in [0.15, 0.2) is 7.28 Å². The van der Waals surface area contributed by atoms with Crippen LogP contribution in [0.1, 0.15) is 103 Å². The number of para-hydroxylation sites is 5. The molecule has 0 bridgehead atoms. The molecule has 5 heteroatoms. The summed E-state index contributed by atoms with van der Waals surface area (Å²) in [5.41, 5.74) is 24.6. The van der Waals surface area contributed by atoms with Gasteiger partial charge in [0.05, 0.1) is 5.52 Å². The third-order valence-corrected chi connectivity index (χ3v) is 18.1. The van der Waals surface area contributed by atoms with Crippen LogP contribution in [0.5, 0.6) is 0 Å². The molecular formula is C70H64BN3O. The van der Waals surface area contributed by atoms with Crippen LogP contribution in [0.4, 0.5) is 28.4 Å². The van der Waals surface area contributed by atoms with Crippen LogP contribution in [0, 0.1) is 0 Å². The monoisotopic (exact) mass is 974 g/mol. The number of rotatable bonds is 7. The average molecular weight is 974 g/mol. The highest BCUT2D eigenvalue weighted by molar-refractivity contribution is 6.73. The highest BCUT2D eigenvalue weighted by Gasteiger charge is 2.40. The molecule has 368 valence electrons. The summed E-state index contributed by atoms with van der Waals surface area (Å²) >= 11 is 0. The lowest BCUT2D eigenvalue weighted by Crippen LogP contribution is -2.41. The van der Waals surface area contributed by atoms with Gasteiger partial charge >= 0.3 is 0 Å². The van der Waals surface area contributed by atoms with Gasteiger partial charge < -0.3 is 19.2 Å². The van der Waals surface area contributed by atoms with Crippen LogP contribution in [0.25, 0.3) is 71.7 Å². The summed E-state index contributed by atoms with van der Waals surface area (Å²) in [6, 6.07) is 68.0. The first-order valence-electron chi connectivity index (χ1n) is 27.3. The molecule has 0 saturated heterocycles. The van der Waals surface area contributed by atoms with Crippen molar-refractivity contribution in [3.63, 3.8) is 0 Å². The Hall–Kier alpha value is -7.76. The number of hydrogen-bond donors (Lipinski definition) is 1. The van der Waals surface area contributed by atoms with E-state index in [4.69, 9.17) is 4.42 Å². The number of aromatic nitrogens is 1. The first-order valence-corrected chi connectivity index (χ1v) is 27.3. The van der Waals surface area contributed by atoms with E-state index >= 15 is 0 Å². The summed E-state index contributed by atoms with van der Waals surface area (Å²) in [5.74, 6) is 0. The SMILES string of the molecule is CC1(C)CCC(C)(C)c2cc(Nc3cc(N(c4ccccc4)c4ccccc4)ccc3-c3cc(-c4cccc5c4oc4ccccc45)c4c5ccccc5n5c4c3Bc3cc4c(cc3-5)C(C)(C)CCC4(C)C)ccc21. The highest BCUT2D eigenvalue weighted by Crippen LogP contribution is 2.51. The maximum atomic E-state index is 6.96. The third kappa shape index (κ3) is 7.10. The Morgan fingerprint density at radius 2 is 1.07 bits per heavy atom. The Kier molecular flexibility index (Phi) is 10.0. The summed E-state index contributed by atoms with van der Waals surface area (Å²) in [6.45, 7) is 19.5. The molecule has 1 N–H and O–H groups in total. The highest BCUT2D eigenvalue weighted by atomic mass is 16.3. The second-order valence-electron chi connectivity index (χ2n) is 24.7. The maximum absolute atomic E-state index is 6.96. The lowest BCUT2D eigenvalue weighted by Gasteiger charge is -2.43. The largest absolute Gasteiger partial charge is 0.455 e. The second kappa shape index (κ2) is 16.4. The minimum absolute atomic E-state index is 0.0518. The van der Waals surface area contributed by atoms with E-state index in [2.05, 4.69) is 252 Å². The van der Waals surface area contributed by atoms with E-state index in [1.165, 1.54) is 84.6 Å². The van der Waals surface area contributed by atoms with E-state index in [1.807, 2.05) is 0 Å². The van der Waals surface area contributed by atoms with Crippen LogP contribution in [0.15, 0.2) is 186 Å². The molecule has 11 aromatic rings. The van der Waals surface area contributed by atoms with Crippen LogP contribution in [0.2, 0.25) is 0 Å². The van der Waals surface area contributed by atoms with Crippen LogP contribution in [-0.4, -0.2) is 11.8 Å². The van der Waals surface area contributed by atoms with Gasteiger partial charge in [-0.2, -0.15) is 0 Å². The Morgan fingerprint density at radius 3 is 1.77 bits per heavy atom. The summed E-state index contributed by atoms with van der Waals surface area (Å²) in [7, 11) is 0.805. The smallest absolute Gasteiger partial charge is 0.198 e. The molecule has 2 aliphatic carbocycles. The topological polar surface area (TPSA) is 33.3 Å². The van der Waals surface area contributed by atoms with E-state index in [0.717, 1.165) is 81.6 Å². The van der Waals surface area contributed by atoms with Crippen LogP contribution in [-0.2, 0) is 21.7 Å². The molecule has 3 heterocycles. The molecule has 1 aliphatic heterocycles. The fraction of sp³-hybridized carbons (Fsp3) is 0.229. The summed E-state index contributed by atoms with van der Waals surface area (Å²) in [6.07, 6.45) is 4.66. The first kappa shape index (κ1) is 45.8. The van der Waals surface area contributed by atoms with Gasteiger partial charge in [-0.25, -0.2) is 0 Å². The first-order chi connectivity index (χ1) is 36.1. The van der Waals surface area contributed by atoms with Crippen LogP contribution < -0.4 is 21.1 Å². The number of nitrogens with zero attached hydrogens (tertiary/aromatic N) is 2. The van der Waals surface area contributed by atoms with E-state index in [0.29, 0.717) is 0 Å². The van der Waals surface area contributed by atoms with Crippen molar-refractivity contribution in [2.45, 2.75) is 103 Å². The van der Waals surface area contributed by atoms with Crippen LogP contribution >= 0.6 is 0 Å². The number of fused-ring (bicyclic) bond motifs is 10. The molecule has 0 unspecified atom stereocenters. The van der Waals surface area contributed by atoms with Gasteiger partial charge in [-0.3, -0.25) is 0 Å². The van der Waals surface area contributed by atoms with Crippen molar-refractivity contribution in [3.05, 3.63) is 204 Å². The number of anilines is 5. The Bertz CT molecular complexity index is 4090. The van der Waals surface area contributed by atoms with Gasteiger partial charge in [0.1, 0.15) is 11.2 Å². The van der Waals surface area contributed by atoms with Gasteiger partial charge in [0, 0.05) is 72.3 Å². The molecule has 0 fully saturated rings. The molecule has 3 aliphatic rings. The summed E-state index contributed by atoms with van der Waals surface area (Å²) < 4.78 is 9.61. The van der Waals surface area contributed by atoms with Crippen molar-refractivity contribution in [2.24, 2.45) is 0 Å². The van der Waals surface area contributed by atoms with Gasteiger partial charge in [0.25, 0.3) is 0 Å². The Balaban J connectivity index is 1.09. The lowest BCUT2D eigenvalue weighted by atomic mass is 9.55. The van der Waals surface area contributed by atoms with Crippen molar-refractivity contribution >= 4 is 90.4 Å². The van der Waals surface area contributed by atoms with Crippen molar-refractivity contribution in [1.29, 1.82) is 0 Å². The van der Waals surface area contributed by atoms with E-state index < -0.39 is 0 Å². The molecule has 0 radical (unpaired) electrons. The van der Waals surface area contributed by atoms with Crippen molar-refractivity contribution in [2.75, 3.05) is 10.2 Å². The standard InChI is InChI=1S/C70H64BN3O/c1-67(2)34-35-68(3,4)55-38-43(30-33-54(55)67)72-59-39-46(73(44-20-11-9-12-21-44)45-22-13-10-14-23-45)31-32-47(59)53-40-52(50-27-19-26-49-48-24-16-18-29-62(48)75-66(49)50)63-51-25-15-17-28-60(51)74-61-42-57-56(41-58(61)71-64(53)65(63)74)69(5,6)36-37-70(57,7)8/h9-33,38-42,71-72H,34-37H2,1-8H3. The van der Waals surface area contributed by atoms with Crippen molar-refractivity contribution in [1.82, 2.24) is 4.57 Å². The lowest BCUT2D eigenvalue weighted by molar-refractivity contribution is 0.332. The number of furan rings is 1. The third-order valence-electron chi connectivity index (χ3n) is 18.1. The average Bonchev–Trinajstić information content (AvgIpc) is 4.00. The normalized spacial score (nSPS) is 16.6. The zero-order valence-corrected chi connectivity index (χ0v) is 44.7. The minimum Gasteiger partial charge on any atom is -0.455 e. The van der Waals surface area contributed by atoms with Gasteiger partial charge in [0.2, 0.25) is 0 Å². The van der Waals surface area contributed by atoms with Crippen LogP contribution in [0.3, 0.4) is 0 Å². The fourth-order valence-corrected chi connectivity index (χ4v) is 13.7. The minimum atomic E-state index is 0.0518. The Labute approximate surface area is 442 Å². The van der Waals surface area contributed by atoms with Gasteiger partial charge in [-0.05, 0) is 159 Å². The molecular weight excluding hydrogens is 910 g/mol. The molecule has 14 rings (SSSR count). The number of hydrogen-bond acceptors (Lipinski definition) is 3. The second-order valence-corrected chi connectivity index (χ2v) is 24.7. The molecule has 0 amide bonds. The zero-order valence-electron chi connectivity index (χ0n) is 44.7. The van der Waals surface area contributed by atoms with Gasteiger partial charge in [-0.15, -0.1) is 0 Å². The number of nitrogens with one attached hydrogen (secondary N) is 1. The molecule has 9 aromatic carbocycles. The molecule has 0 saturated carbocycles. The molecule has 4 nitrogen and oxygen atoms in total. The van der Waals surface area contributed by atoms with E-state index in [-0.39, 0.29) is 21.7 Å². The molecule has 2 aromatic heterocycles. The van der Waals surface area contributed by atoms with Gasteiger partial charge in [-0.1, -0.05) is 170 Å². The predicted octanol–water partition coefficient (Wildman–Crippen LogP) is 17.6. The molecule has 75 heavy (non-hydrogen) atoms. The fourth-order valence-electron chi connectivity index (χ4n) is 13.7. The summed E-state index contributed by atoms with van der Waals surface area (Å²) in [5, 5.41) is 8.96. The Morgan fingerprint density at radius 1 is 0.467 bits per heavy atom. The zero-order chi connectivity index (χ0) is 51.2. The van der Waals surface area contributed by atoms with Crippen molar-refractivity contribution in [3.8, 4) is 27.9 Å². The predicted molar refractivity (Wildman–Crippen MR) is 320 cm³/mol. The molecule has 0 atom stereocenters. The number of benzene rings is 9.